The largest absolute Gasteiger partial charge is 0.330 e. The Balaban J connectivity index is 2.33. The molecule has 16 heavy (non-hydrogen) atoms. The minimum atomic E-state index is 0.704. The molecule has 0 saturated heterocycles. The Hall–Kier alpha value is -0.820. The first-order valence-corrected chi connectivity index (χ1v) is 6.56. The maximum Gasteiger partial charge on any atom is -0.00714 e. The summed E-state index contributed by atoms with van der Waals surface area (Å²) in [6, 6.07) is 7.05. The third kappa shape index (κ3) is 2.30. The molecule has 88 valence electrons. The number of hydrogen-bond acceptors (Lipinski definition) is 1. The van der Waals surface area contributed by atoms with Gasteiger partial charge in [0.05, 0.1) is 0 Å². The fourth-order valence-corrected chi connectivity index (χ4v) is 2.98. The van der Waals surface area contributed by atoms with E-state index in [4.69, 9.17) is 5.73 Å². The van der Waals surface area contributed by atoms with Gasteiger partial charge < -0.3 is 5.73 Å². The highest BCUT2D eigenvalue weighted by Gasteiger charge is 2.23. The van der Waals surface area contributed by atoms with Gasteiger partial charge in [0, 0.05) is 0 Å². The van der Waals surface area contributed by atoms with E-state index < -0.39 is 0 Å². The van der Waals surface area contributed by atoms with E-state index in [0.29, 0.717) is 5.92 Å². The van der Waals surface area contributed by atoms with Gasteiger partial charge in [0.25, 0.3) is 0 Å². The van der Waals surface area contributed by atoms with Gasteiger partial charge in [-0.1, -0.05) is 32.0 Å². The van der Waals surface area contributed by atoms with Crippen molar-refractivity contribution in [2.24, 2.45) is 11.7 Å². The smallest absolute Gasteiger partial charge is 0.00714 e. The molecule has 1 aliphatic carbocycles. The predicted octanol–water partition coefficient (Wildman–Crippen LogP) is 3.26. The Bertz CT molecular complexity index is 356. The van der Waals surface area contributed by atoms with Crippen LogP contribution in [0.4, 0.5) is 0 Å². The Morgan fingerprint density at radius 1 is 1.38 bits per heavy atom. The third-order valence-corrected chi connectivity index (χ3v) is 3.83. The van der Waals surface area contributed by atoms with Gasteiger partial charge in [-0.3, -0.25) is 0 Å². The summed E-state index contributed by atoms with van der Waals surface area (Å²) in [6.07, 6.45) is 4.85. The summed E-state index contributed by atoms with van der Waals surface area (Å²) in [7, 11) is 0. The lowest BCUT2D eigenvalue weighted by Gasteiger charge is -2.30. The molecule has 1 aromatic carbocycles. The fraction of sp³-hybridized carbons (Fsp3) is 0.600. The molecular formula is C15H23N. The van der Waals surface area contributed by atoms with Gasteiger partial charge in [0.2, 0.25) is 0 Å². The maximum absolute atomic E-state index is 5.73. The van der Waals surface area contributed by atoms with Crippen molar-refractivity contribution in [1.29, 1.82) is 0 Å². The van der Waals surface area contributed by atoms with Crippen LogP contribution in [0.3, 0.4) is 0 Å². The lowest BCUT2D eigenvalue weighted by atomic mass is 9.75. The van der Waals surface area contributed by atoms with Crippen molar-refractivity contribution < 1.29 is 0 Å². The fourth-order valence-electron chi connectivity index (χ4n) is 2.98. The zero-order chi connectivity index (χ0) is 11.5. The van der Waals surface area contributed by atoms with Crippen molar-refractivity contribution >= 4 is 0 Å². The molecule has 1 aromatic rings. The van der Waals surface area contributed by atoms with Crippen molar-refractivity contribution in [2.75, 3.05) is 6.54 Å². The Morgan fingerprint density at radius 2 is 2.19 bits per heavy atom. The van der Waals surface area contributed by atoms with E-state index in [1.165, 1.54) is 18.4 Å². The lowest BCUT2D eigenvalue weighted by molar-refractivity contribution is 0.418. The van der Waals surface area contributed by atoms with Crippen LogP contribution in [-0.2, 0) is 12.8 Å². The summed E-state index contributed by atoms with van der Waals surface area (Å²) >= 11 is 0. The van der Waals surface area contributed by atoms with E-state index >= 15 is 0 Å². The topological polar surface area (TPSA) is 26.0 Å². The van der Waals surface area contributed by atoms with Gasteiger partial charge in [-0.05, 0) is 60.8 Å². The zero-order valence-corrected chi connectivity index (χ0v) is 10.5. The molecule has 0 radical (unpaired) electrons. The summed E-state index contributed by atoms with van der Waals surface area (Å²) in [5.41, 5.74) is 10.4. The first kappa shape index (κ1) is 11.7. The van der Waals surface area contributed by atoms with E-state index in [1.807, 2.05) is 0 Å². The molecule has 1 aliphatic rings. The van der Waals surface area contributed by atoms with E-state index in [2.05, 4.69) is 32.0 Å². The normalized spacial score (nSPS) is 24.2. The van der Waals surface area contributed by atoms with Crippen LogP contribution in [0, 0.1) is 5.92 Å². The molecule has 0 fully saturated rings. The number of hydrogen-bond donors (Lipinski definition) is 1. The second-order valence-corrected chi connectivity index (χ2v) is 5.21. The van der Waals surface area contributed by atoms with E-state index in [1.54, 1.807) is 11.1 Å². The lowest BCUT2D eigenvalue weighted by Crippen LogP contribution is -2.19. The molecule has 1 heteroatoms. The molecule has 2 rings (SSSR count). The van der Waals surface area contributed by atoms with Crippen LogP contribution in [-0.4, -0.2) is 6.54 Å². The van der Waals surface area contributed by atoms with Gasteiger partial charge in [0.1, 0.15) is 0 Å². The molecule has 0 bridgehead atoms. The number of nitrogens with two attached hydrogens (primary N) is 1. The van der Waals surface area contributed by atoms with E-state index in [0.717, 1.165) is 25.3 Å². The SMILES string of the molecule is CCc1ccc2c(c1)C(CCN)CC(C)C2. The molecule has 1 nitrogen and oxygen atoms in total. The van der Waals surface area contributed by atoms with Crippen LogP contribution in [0.25, 0.3) is 0 Å². The summed E-state index contributed by atoms with van der Waals surface area (Å²) in [5.74, 6) is 1.52. The molecule has 2 unspecified atom stereocenters. The second-order valence-electron chi connectivity index (χ2n) is 5.21. The Morgan fingerprint density at radius 3 is 2.88 bits per heavy atom. The van der Waals surface area contributed by atoms with Gasteiger partial charge in [0.15, 0.2) is 0 Å². The summed E-state index contributed by atoms with van der Waals surface area (Å²) in [4.78, 5) is 0. The first-order valence-electron chi connectivity index (χ1n) is 6.56. The maximum atomic E-state index is 5.73. The zero-order valence-electron chi connectivity index (χ0n) is 10.5. The highest BCUT2D eigenvalue weighted by atomic mass is 14.5. The van der Waals surface area contributed by atoms with E-state index in [9.17, 15) is 0 Å². The van der Waals surface area contributed by atoms with Crippen LogP contribution in [0.15, 0.2) is 18.2 Å². The minimum absolute atomic E-state index is 0.704. The van der Waals surface area contributed by atoms with Gasteiger partial charge in [-0.25, -0.2) is 0 Å². The Kier molecular flexibility index (Phi) is 3.65. The van der Waals surface area contributed by atoms with Crippen LogP contribution >= 0.6 is 0 Å². The van der Waals surface area contributed by atoms with Crippen molar-refractivity contribution in [3.8, 4) is 0 Å². The van der Waals surface area contributed by atoms with Gasteiger partial charge in [-0.2, -0.15) is 0 Å². The van der Waals surface area contributed by atoms with Crippen molar-refractivity contribution in [1.82, 2.24) is 0 Å². The molecule has 0 spiro atoms. The van der Waals surface area contributed by atoms with Crippen LogP contribution < -0.4 is 5.73 Å². The molecule has 0 heterocycles. The first-order chi connectivity index (χ1) is 7.74. The van der Waals surface area contributed by atoms with Crippen molar-refractivity contribution in [2.45, 2.75) is 45.4 Å². The summed E-state index contributed by atoms with van der Waals surface area (Å²) in [5, 5.41) is 0. The molecule has 0 saturated carbocycles. The van der Waals surface area contributed by atoms with Crippen molar-refractivity contribution in [3.05, 3.63) is 34.9 Å². The average molecular weight is 217 g/mol. The molecule has 0 aliphatic heterocycles. The van der Waals surface area contributed by atoms with Crippen LogP contribution in [0.5, 0.6) is 0 Å². The highest BCUT2D eigenvalue weighted by Crippen LogP contribution is 2.37. The van der Waals surface area contributed by atoms with E-state index in [-0.39, 0.29) is 0 Å². The average Bonchev–Trinajstić information content (AvgIpc) is 2.29. The minimum Gasteiger partial charge on any atom is -0.330 e. The molecule has 2 N–H and O–H groups in total. The molecule has 0 aromatic heterocycles. The quantitative estimate of drug-likeness (QED) is 0.826. The highest BCUT2D eigenvalue weighted by molar-refractivity contribution is 5.37. The second kappa shape index (κ2) is 5.01. The standard InChI is InChI=1S/C15H23N/c1-3-12-4-5-13-8-11(2)9-14(6-7-16)15(13)10-12/h4-5,10-11,14H,3,6-9,16H2,1-2H3. The van der Waals surface area contributed by atoms with Gasteiger partial charge in [-0.15, -0.1) is 0 Å². The van der Waals surface area contributed by atoms with Crippen molar-refractivity contribution in [3.63, 3.8) is 0 Å². The summed E-state index contributed by atoms with van der Waals surface area (Å²) in [6.45, 7) is 5.40. The molecule has 2 atom stereocenters. The molecular weight excluding hydrogens is 194 g/mol. The third-order valence-electron chi connectivity index (χ3n) is 3.83. The number of rotatable bonds is 3. The molecule has 0 amide bonds. The van der Waals surface area contributed by atoms with Gasteiger partial charge >= 0.3 is 0 Å². The number of benzene rings is 1. The van der Waals surface area contributed by atoms with Crippen LogP contribution in [0.1, 0.15) is 49.3 Å². The number of fused-ring (bicyclic) bond motifs is 1. The summed E-state index contributed by atoms with van der Waals surface area (Å²) < 4.78 is 0. The number of aryl methyl sites for hydroxylation is 1. The monoisotopic (exact) mass is 217 g/mol. The Labute approximate surface area is 99.0 Å². The predicted molar refractivity (Wildman–Crippen MR) is 69.7 cm³/mol. The van der Waals surface area contributed by atoms with Crippen LogP contribution in [0.2, 0.25) is 0 Å².